The van der Waals surface area contributed by atoms with Gasteiger partial charge in [-0.1, -0.05) is 15.9 Å². The summed E-state index contributed by atoms with van der Waals surface area (Å²) in [6.45, 7) is 2.13. The molecule has 1 nitrogen and oxygen atoms in total. The molecule has 0 aliphatic rings. The first-order valence-corrected chi connectivity index (χ1v) is 5.07. The third-order valence-corrected chi connectivity index (χ3v) is 3.24. The van der Waals surface area contributed by atoms with Crippen molar-refractivity contribution in [3.05, 3.63) is 17.0 Å². The van der Waals surface area contributed by atoms with E-state index >= 15 is 0 Å². The zero-order chi connectivity index (χ0) is 7.56. The van der Waals surface area contributed by atoms with Crippen LogP contribution in [0.2, 0.25) is 0 Å². The van der Waals surface area contributed by atoms with Gasteiger partial charge in [-0.05, 0) is 23.9 Å². The largest absolute Gasteiger partial charge is 0.356 e. The van der Waals surface area contributed by atoms with Gasteiger partial charge in [0.1, 0.15) is 0 Å². The van der Waals surface area contributed by atoms with Gasteiger partial charge in [0.2, 0.25) is 0 Å². The zero-order valence-corrected chi connectivity index (χ0v) is 8.50. The molecule has 1 heterocycles. The first-order valence-electron chi connectivity index (χ1n) is 3.07. The molecule has 3 heteroatoms. The van der Waals surface area contributed by atoms with E-state index in [0.29, 0.717) is 0 Å². The fourth-order valence-corrected chi connectivity index (χ4v) is 2.13. The summed E-state index contributed by atoms with van der Waals surface area (Å²) in [5, 5.41) is 3.46. The Bertz CT molecular complexity index is 209. The van der Waals surface area contributed by atoms with Crippen molar-refractivity contribution in [2.24, 2.45) is 0 Å². The van der Waals surface area contributed by atoms with Gasteiger partial charge in [0.25, 0.3) is 0 Å². The van der Waals surface area contributed by atoms with Crippen LogP contribution in [0.25, 0.3) is 0 Å². The van der Waals surface area contributed by atoms with Crippen LogP contribution >= 0.6 is 27.3 Å². The molecule has 0 unspecified atom stereocenters. The Labute approximate surface area is 73.8 Å². The van der Waals surface area contributed by atoms with Crippen molar-refractivity contribution in [2.45, 2.75) is 6.92 Å². The molecule has 0 spiro atoms. The normalized spacial score (nSPS) is 9.90. The van der Waals surface area contributed by atoms with E-state index in [1.807, 2.05) is 0 Å². The van der Waals surface area contributed by atoms with Gasteiger partial charge in [-0.15, -0.1) is 11.3 Å². The quantitative estimate of drug-likeness (QED) is 0.547. The molecule has 0 aliphatic carbocycles. The van der Waals surface area contributed by atoms with Crippen molar-refractivity contribution in [1.29, 1.82) is 0 Å². The van der Waals surface area contributed by atoms with Crippen molar-refractivity contribution in [1.82, 2.24) is 0 Å². The molecule has 0 atom stereocenters. The summed E-state index contributed by atoms with van der Waals surface area (Å²) < 4.78 is 0. The fourth-order valence-electron chi connectivity index (χ4n) is 0.810. The summed E-state index contributed by atoms with van der Waals surface area (Å²) in [6.07, 6.45) is 0. The minimum absolute atomic E-state index is 0.897. The van der Waals surface area contributed by atoms with Crippen molar-refractivity contribution >= 4 is 32.3 Å². The maximum atomic E-state index is 3.40. The van der Waals surface area contributed by atoms with E-state index in [1.54, 1.807) is 11.3 Å². The number of anilines is 1. The van der Waals surface area contributed by atoms with Crippen LogP contribution in [0.4, 0.5) is 5.00 Å². The number of nitrogens with zero attached hydrogens (tertiary/aromatic N) is 1. The van der Waals surface area contributed by atoms with E-state index in [-0.39, 0.29) is 0 Å². The van der Waals surface area contributed by atoms with Gasteiger partial charge in [-0.25, -0.2) is 0 Å². The van der Waals surface area contributed by atoms with Gasteiger partial charge in [0.15, 0.2) is 0 Å². The van der Waals surface area contributed by atoms with Crippen LogP contribution in [0.5, 0.6) is 0 Å². The van der Waals surface area contributed by atoms with Gasteiger partial charge >= 0.3 is 0 Å². The van der Waals surface area contributed by atoms with E-state index in [9.17, 15) is 0 Å². The summed E-state index contributed by atoms with van der Waals surface area (Å²) in [5.74, 6) is 0. The van der Waals surface area contributed by atoms with E-state index in [2.05, 4.69) is 46.2 Å². The summed E-state index contributed by atoms with van der Waals surface area (Å²) in [7, 11) is 2.08. The minimum Gasteiger partial charge on any atom is -0.356 e. The van der Waals surface area contributed by atoms with Gasteiger partial charge in [0, 0.05) is 7.05 Å². The molecule has 56 valence electrons. The van der Waals surface area contributed by atoms with E-state index in [0.717, 1.165) is 5.45 Å². The Morgan fingerprint density at radius 2 is 2.40 bits per heavy atom. The highest BCUT2D eigenvalue weighted by atomic mass is 79.9. The van der Waals surface area contributed by atoms with Crippen LogP contribution in [-0.4, -0.2) is 12.5 Å². The highest BCUT2D eigenvalue weighted by Gasteiger charge is 2.02. The maximum Gasteiger partial charge on any atom is 0.0942 e. The molecule has 0 amide bonds. The third-order valence-electron chi connectivity index (χ3n) is 1.36. The average molecular weight is 220 g/mol. The van der Waals surface area contributed by atoms with Crippen LogP contribution in [0, 0.1) is 6.92 Å². The number of hydrogen-bond acceptors (Lipinski definition) is 2. The molecule has 0 saturated carbocycles. The van der Waals surface area contributed by atoms with Crippen LogP contribution in [-0.2, 0) is 0 Å². The second-order valence-corrected chi connectivity index (χ2v) is 3.62. The fraction of sp³-hybridized carbons (Fsp3) is 0.429. The zero-order valence-electron chi connectivity index (χ0n) is 6.10. The maximum absolute atomic E-state index is 3.40. The number of aryl methyl sites for hydroxylation is 1. The number of hydrogen-bond donors (Lipinski definition) is 0. The summed E-state index contributed by atoms with van der Waals surface area (Å²) >= 11 is 5.18. The molecule has 1 aromatic heterocycles. The van der Waals surface area contributed by atoms with Crippen LogP contribution in [0.1, 0.15) is 5.56 Å². The van der Waals surface area contributed by atoms with Gasteiger partial charge in [-0.3, -0.25) is 0 Å². The summed E-state index contributed by atoms with van der Waals surface area (Å²) in [6, 6.07) is 2.14. The van der Waals surface area contributed by atoms with E-state index < -0.39 is 0 Å². The predicted octanol–water partition coefficient (Wildman–Crippen LogP) is 2.85. The summed E-state index contributed by atoms with van der Waals surface area (Å²) in [4.78, 5) is 2.18. The minimum atomic E-state index is 0.897. The highest BCUT2D eigenvalue weighted by Crippen LogP contribution is 2.25. The van der Waals surface area contributed by atoms with Gasteiger partial charge < -0.3 is 4.90 Å². The second kappa shape index (κ2) is 3.39. The molecule has 0 radical (unpaired) electrons. The number of rotatable bonds is 2. The lowest BCUT2D eigenvalue weighted by atomic mass is 10.3. The first kappa shape index (κ1) is 8.08. The molecule has 0 N–H and O–H groups in total. The van der Waals surface area contributed by atoms with Crippen LogP contribution in [0.15, 0.2) is 11.4 Å². The first-order chi connectivity index (χ1) is 4.75. The highest BCUT2D eigenvalue weighted by molar-refractivity contribution is 9.09. The molecule has 10 heavy (non-hydrogen) atoms. The molecule has 0 fully saturated rings. The Balaban J connectivity index is 2.82. The smallest absolute Gasteiger partial charge is 0.0942 e. The lowest BCUT2D eigenvalue weighted by Crippen LogP contribution is -2.12. The predicted molar refractivity (Wildman–Crippen MR) is 51.3 cm³/mol. The lowest BCUT2D eigenvalue weighted by Gasteiger charge is -2.13. The van der Waals surface area contributed by atoms with Crippen molar-refractivity contribution in [3.63, 3.8) is 0 Å². The topological polar surface area (TPSA) is 3.24 Å². The standard InChI is InChI=1S/C7H10BrNS/c1-6-3-4-10-7(6)9(2)5-8/h3-4H,5H2,1-2H3. The van der Waals surface area contributed by atoms with Crippen LogP contribution in [0.3, 0.4) is 0 Å². The molecular formula is C7H10BrNS. The Morgan fingerprint density at radius 1 is 1.70 bits per heavy atom. The molecule has 1 aromatic rings. The van der Waals surface area contributed by atoms with Crippen molar-refractivity contribution in [3.8, 4) is 0 Å². The summed E-state index contributed by atoms with van der Waals surface area (Å²) in [5.41, 5.74) is 2.25. The second-order valence-electron chi connectivity index (χ2n) is 2.23. The molecule has 1 rings (SSSR count). The molecule has 0 aliphatic heterocycles. The van der Waals surface area contributed by atoms with E-state index in [1.165, 1.54) is 10.6 Å². The lowest BCUT2D eigenvalue weighted by molar-refractivity contribution is 1.12. The van der Waals surface area contributed by atoms with Gasteiger partial charge in [0.05, 0.1) is 10.5 Å². The number of halogens is 1. The number of thiophene rings is 1. The SMILES string of the molecule is Cc1ccsc1N(C)CBr. The average Bonchev–Trinajstić information content (AvgIpc) is 2.34. The molecule has 0 saturated heterocycles. The Morgan fingerprint density at radius 3 is 2.80 bits per heavy atom. The van der Waals surface area contributed by atoms with Gasteiger partial charge in [-0.2, -0.15) is 0 Å². The van der Waals surface area contributed by atoms with E-state index in [4.69, 9.17) is 0 Å². The monoisotopic (exact) mass is 219 g/mol. The van der Waals surface area contributed by atoms with Crippen molar-refractivity contribution in [2.75, 3.05) is 17.4 Å². The Hall–Kier alpha value is -0.0200. The van der Waals surface area contributed by atoms with Crippen molar-refractivity contribution < 1.29 is 0 Å². The third kappa shape index (κ3) is 1.52. The molecular weight excluding hydrogens is 210 g/mol. The van der Waals surface area contributed by atoms with Crippen LogP contribution < -0.4 is 4.90 Å². The molecule has 0 aromatic carbocycles. The number of alkyl halides is 1. The molecule has 0 bridgehead atoms. The Kier molecular flexibility index (Phi) is 2.74.